The van der Waals surface area contributed by atoms with Gasteiger partial charge in [-0.2, -0.15) is 9.78 Å². The van der Waals surface area contributed by atoms with E-state index in [1.165, 1.54) is 10.4 Å². The molecule has 0 bridgehead atoms. The van der Waals surface area contributed by atoms with Crippen molar-refractivity contribution in [3.63, 3.8) is 0 Å². The summed E-state index contributed by atoms with van der Waals surface area (Å²) in [6.45, 7) is 9.33. The zero-order valence-corrected chi connectivity index (χ0v) is 17.9. The topological polar surface area (TPSA) is 52.2 Å². The van der Waals surface area contributed by atoms with E-state index in [-0.39, 0.29) is 5.56 Å². The van der Waals surface area contributed by atoms with E-state index in [2.05, 4.69) is 59.4 Å². The number of aryl methyl sites for hydroxylation is 2. The summed E-state index contributed by atoms with van der Waals surface area (Å²) < 4.78 is 4.55. The van der Waals surface area contributed by atoms with Crippen molar-refractivity contribution in [2.75, 3.05) is 0 Å². The summed E-state index contributed by atoms with van der Waals surface area (Å²) >= 11 is 3.44. The molecular formula is C21H25BrN4O. The van der Waals surface area contributed by atoms with Gasteiger partial charge in [0.15, 0.2) is 0 Å². The average Bonchev–Trinajstić information content (AvgIpc) is 2.92. The van der Waals surface area contributed by atoms with E-state index in [9.17, 15) is 4.79 Å². The molecule has 0 radical (unpaired) electrons. The Bertz CT molecular complexity index is 1060. The Balaban J connectivity index is 2.13. The van der Waals surface area contributed by atoms with E-state index in [4.69, 9.17) is 4.98 Å². The summed E-state index contributed by atoms with van der Waals surface area (Å²) in [6, 6.07) is 7.69. The molecule has 0 spiro atoms. The van der Waals surface area contributed by atoms with Crippen LogP contribution in [0.1, 0.15) is 49.5 Å². The second kappa shape index (κ2) is 8.21. The van der Waals surface area contributed by atoms with Gasteiger partial charge in [0.2, 0.25) is 0 Å². The van der Waals surface area contributed by atoms with Crippen LogP contribution >= 0.6 is 15.9 Å². The predicted octanol–water partition coefficient (Wildman–Crippen LogP) is 4.82. The molecule has 0 fully saturated rings. The number of nitrogens with zero attached hydrogens (tertiary/aromatic N) is 4. The molecule has 0 N–H and O–H groups in total. The standard InChI is InChI=1S/C21H25BrN4O/c1-5-7-8-20-24-19-10-9-17(22)12-18(19)21(27)26(20)23-13-16-11-14(3)25(6-2)15(16)4/h9-13H,5-8H2,1-4H3. The molecular weight excluding hydrogens is 404 g/mol. The first-order valence-electron chi connectivity index (χ1n) is 9.38. The molecule has 27 heavy (non-hydrogen) atoms. The molecule has 2 heterocycles. The number of benzene rings is 1. The molecule has 0 saturated heterocycles. The normalized spacial score (nSPS) is 11.7. The fraction of sp³-hybridized carbons (Fsp3) is 0.381. The van der Waals surface area contributed by atoms with Crippen molar-refractivity contribution in [2.45, 2.75) is 53.5 Å². The van der Waals surface area contributed by atoms with Crippen molar-refractivity contribution in [1.29, 1.82) is 0 Å². The lowest BCUT2D eigenvalue weighted by molar-refractivity contribution is 0.674. The summed E-state index contributed by atoms with van der Waals surface area (Å²) in [6.07, 6.45) is 4.50. The van der Waals surface area contributed by atoms with Gasteiger partial charge in [-0.25, -0.2) is 4.98 Å². The van der Waals surface area contributed by atoms with Crippen LogP contribution in [0.2, 0.25) is 0 Å². The Morgan fingerprint density at radius 2 is 2.00 bits per heavy atom. The van der Waals surface area contributed by atoms with Crippen LogP contribution in [0.15, 0.2) is 38.6 Å². The number of aromatic nitrogens is 3. The number of halogens is 1. The van der Waals surface area contributed by atoms with Crippen molar-refractivity contribution in [3.05, 3.63) is 61.9 Å². The number of fused-ring (bicyclic) bond motifs is 1. The van der Waals surface area contributed by atoms with Gasteiger partial charge >= 0.3 is 0 Å². The monoisotopic (exact) mass is 428 g/mol. The summed E-state index contributed by atoms with van der Waals surface area (Å²) in [4.78, 5) is 17.8. The smallest absolute Gasteiger partial charge is 0.282 e. The minimum absolute atomic E-state index is 0.132. The van der Waals surface area contributed by atoms with Gasteiger partial charge in [-0.3, -0.25) is 4.79 Å². The van der Waals surface area contributed by atoms with Gasteiger partial charge in [-0.1, -0.05) is 29.3 Å². The summed E-state index contributed by atoms with van der Waals surface area (Å²) in [7, 11) is 0. The molecule has 6 heteroatoms. The van der Waals surface area contributed by atoms with Gasteiger partial charge in [0.1, 0.15) is 5.82 Å². The molecule has 1 aromatic carbocycles. The Labute approximate surface area is 167 Å². The molecule has 0 saturated carbocycles. The first kappa shape index (κ1) is 19.5. The van der Waals surface area contributed by atoms with Crippen LogP contribution in [0.3, 0.4) is 0 Å². The largest absolute Gasteiger partial charge is 0.349 e. The van der Waals surface area contributed by atoms with E-state index in [0.717, 1.165) is 41.5 Å². The van der Waals surface area contributed by atoms with E-state index in [1.807, 2.05) is 18.2 Å². The molecule has 3 aromatic rings. The van der Waals surface area contributed by atoms with Crippen molar-refractivity contribution in [3.8, 4) is 0 Å². The van der Waals surface area contributed by atoms with E-state index >= 15 is 0 Å². The molecule has 0 amide bonds. The third kappa shape index (κ3) is 3.90. The predicted molar refractivity (Wildman–Crippen MR) is 115 cm³/mol. The zero-order chi connectivity index (χ0) is 19.6. The number of rotatable bonds is 6. The molecule has 3 rings (SSSR count). The molecule has 0 aliphatic heterocycles. The highest BCUT2D eigenvalue weighted by Gasteiger charge is 2.11. The third-order valence-corrected chi connectivity index (χ3v) is 5.36. The third-order valence-electron chi connectivity index (χ3n) is 4.87. The molecule has 0 unspecified atom stereocenters. The molecule has 142 valence electrons. The van der Waals surface area contributed by atoms with Crippen LogP contribution in [0.25, 0.3) is 10.9 Å². The number of hydrogen-bond acceptors (Lipinski definition) is 3. The van der Waals surface area contributed by atoms with Crippen molar-refractivity contribution >= 4 is 33.0 Å². The van der Waals surface area contributed by atoms with Crippen molar-refractivity contribution < 1.29 is 0 Å². The molecule has 0 aliphatic carbocycles. The van der Waals surface area contributed by atoms with Gasteiger partial charge in [0.25, 0.3) is 5.56 Å². The van der Waals surface area contributed by atoms with E-state index in [0.29, 0.717) is 16.7 Å². The first-order valence-corrected chi connectivity index (χ1v) is 10.2. The van der Waals surface area contributed by atoms with Gasteiger partial charge in [-0.05, 0) is 51.5 Å². The van der Waals surface area contributed by atoms with Gasteiger partial charge in [-0.15, -0.1) is 0 Å². The van der Waals surface area contributed by atoms with Crippen LogP contribution < -0.4 is 5.56 Å². The molecule has 0 atom stereocenters. The Morgan fingerprint density at radius 3 is 2.67 bits per heavy atom. The maximum Gasteiger partial charge on any atom is 0.282 e. The number of hydrogen-bond donors (Lipinski definition) is 0. The van der Waals surface area contributed by atoms with Crippen LogP contribution in [0, 0.1) is 13.8 Å². The first-order chi connectivity index (χ1) is 13.0. The van der Waals surface area contributed by atoms with Crippen LogP contribution in [-0.4, -0.2) is 20.4 Å². The van der Waals surface area contributed by atoms with Crippen LogP contribution in [0.5, 0.6) is 0 Å². The highest BCUT2D eigenvalue weighted by molar-refractivity contribution is 9.10. The Morgan fingerprint density at radius 1 is 1.22 bits per heavy atom. The van der Waals surface area contributed by atoms with E-state index < -0.39 is 0 Å². The highest BCUT2D eigenvalue weighted by Crippen LogP contribution is 2.17. The van der Waals surface area contributed by atoms with E-state index in [1.54, 1.807) is 6.21 Å². The second-order valence-corrected chi connectivity index (χ2v) is 7.64. The Kier molecular flexibility index (Phi) is 5.95. The Hall–Kier alpha value is -2.21. The SMILES string of the molecule is CCCCc1nc2ccc(Br)cc2c(=O)n1N=Cc1cc(C)n(CC)c1C. The number of unbranched alkanes of at least 4 members (excludes halogenated alkanes) is 1. The van der Waals surface area contributed by atoms with Crippen LogP contribution in [0.4, 0.5) is 0 Å². The lowest BCUT2D eigenvalue weighted by Crippen LogP contribution is -2.22. The maximum atomic E-state index is 13.1. The molecule has 5 nitrogen and oxygen atoms in total. The molecule has 0 aliphatic rings. The minimum atomic E-state index is -0.132. The van der Waals surface area contributed by atoms with Gasteiger partial charge < -0.3 is 4.57 Å². The summed E-state index contributed by atoms with van der Waals surface area (Å²) in [5.74, 6) is 0.706. The van der Waals surface area contributed by atoms with Gasteiger partial charge in [0, 0.05) is 34.4 Å². The average molecular weight is 429 g/mol. The lowest BCUT2D eigenvalue weighted by Gasteiger charge is -2.09. The summed E-state index contributed by atoms with van der Waals surface area (Å²) in [5.41, 5.74) is 3.95. The molecule has 2 aromatic heterocycles. The van der Waals surface area contributed by atoms with Crippen LogP contribution in [-0.2, 0) is 13.0 Å². The minimum Gasteiger partial charge on any atom is -0.349 e. The summed E-state index contributed by atoms with van der Waals surface area (Å²) in [5, 5.41) is 5.12. The van der Waals surface area contributed by atoms with Crippen molar-refractivity contribution in [2.24, 2.45) is 5.10 Å². The second-order valence-electron chi connectivity index (χ2n) is 6.73. The fourth-order valence-electron chi connectivity index (χ4n) is 3.38. The van der Waals surface area contributed by atoms with Crippen molar-refractivity contribution in [1.82, 2.24) is 14.2 Å². The van der Waals surface area contributed by atoms with Gasteiger partial charge in [0.05, 0.1) is 17.1 Å². The lowest BCUT2D eigenvalue weighted by atomic mass is 10.2. The highest BCUT2D eigenvalue weighted by atomic mass is 79.9. The zero-order valence-electron chi connectivity index (χ0n) is 16.3. The quantitative estimate of drug-likeness (QED) is 0.528. The fourth-order valence-corrected chi connectivity index (χ4v) is 3.74. The maximum absolute atomic E-state index is 13.1.